The molecule has 2 heterocycles. The molecule has 0 bridgehead atoms. The van der Waals surface area contributed by atoms with Gasteiger partial charge >= 0.3 is 0 Å². The summed E-state index contributed by atoms with van der Waals surface area (Å²) in [6, 6.07) is 16.0. The molecule has 142 valence electrons. The lowest BCUT2D eigenvalue weighted by Gasteiger charge is -2.11. The normalized spacial score (nSPS) is 12.2. The first-order valence-electron chi connectivity index (χ1n) is 8.64. The van der Waals surface area contributed by atoms with Crippen LogP contribution in [0.4, 0.5) is 5.69 Å². The van der Waals surface area contributed by atoms with Gasteiger partial charge in [-0.2, -0.15) is 0 Å². The van der Waals surface area contributed by atoms with E-state index in [2.05, 4.69) is 26.6 Å². The molecule has 1 amide bonds. The average molecular weight is 411 g/mol. The molecule has 0 radical (unpaired) electrons. The average Bonchev–Trinajstić information content (AvgIpc) is 3.28. The minimum absolute atomic E-state index is 0.119. The largest absolute Gasteiger partial charge is 0.336 e. The highest BCUT2D eigenvalue weighted by molar-refractivity contribution is 8.00. The van der Waals surface area contributed by atoms with Crippen molar-refractivity contribution >= 4 is 44.9 Å². The van der Waals surface area contributed by atoms with Gasteiger partial charge in [-0.3, -0.25) is 4.79 Å². The van der Waals surface area contributed by atoms with Crippen molar-refractivity contribution in [2.24, 2.45) is 0 Å². The summed E-state index contributed by atoms with van der Waals surface area (Å²) in [4.78, 5) is 17.1. The molecule has 3 N–H and O–H groups in total. The molecule has 2 aromatic carbocycles. The topological polar surface area (TPSA) is 98.7 Å². The maximum atomic E-state index is 12.4. The van der Waals surface area contributed by atoms with Gasteiger partial charge in [-0.05, 0) is 36.8 Å². The number of para-hydroxylation sites is 1. The molecule has 28 heavy (non-hydrogen) atoms. The molecule has 7 nitrogen and oxygen atoms in total. The Morgan fingerprint density at radius 2 is 2.04 bits per heavy atom. The minimum atomic E-state index is -0.353. The summed E-state index contributed by atoms with van der Waals surface area (Å²) >= 11 is 2.96. The Kier molecular flexibility index (Phi) is 5.27. The Balaban J connectivity index is 1.37. The highest BCUT2D eigenvalue weighted by Crippen LogP contribution is 2.24. The van der Waals surface area contributed by atoms with E-state index in [4.69, 9.17) is 5.84 Å². The number of thiazole rings is 1. The summed E-state index contributed by atoms with van der Waals surface area (Å²) in [6.07, 6.45) is 2.17. The van der Waals surface area contributed by atoms with E-state index in [-0.39, 0.29) is 11.2 Å². The number of nitrogens with zero attached hydrogens (tertiary/aromatic N) is 4. The zero-order chi connectivity index (χ0) is 19.5. The number of thioether (sulfide) groups is 1. The van der Waals surface area contributed by atoms with E-state index in [0.29, 0.717) is 5.16 Å². The van der Waals surface area contributed by atoms with Crippen LogP contribution < -0.4 is 11.2 Å². The van der Waals surface area contributed by atoms with Crippen LogP contribution >= 0.6 is 23.1 Å². The molecule has 0 saturated carbocycles. The van der Waals surface area contributed by atoms with Crippen molar-refractivity contribution in [2.75, 3.05) is 11.2 Å². The van der Waals surface area contributed by atoms with E-state index < -0.39 is 0 Å². The number of hydrogen-bond acceptors (Lipinski definition) is 7. The number of anilines is 1. The number of fused-ring (bicyclic) bond motifs is 1. The third kappa shape index (κ3) is 4.15. The number of carbonyl (C=O) groups is 1. The summed E-state index contributed by atoms with van der Waals surface area (Å²) in [7, 11) is 0. The SMILES string of the molecule is C[C@H](Sc1nncn1N)C(=O)Nc1ccc(Cc2nc3ccccc3s2)cc1. The Hall–Kier alpha value is -2.91. The third-order valence-electron chi connectivity index (χ3n) is 4.11. The predicted octanol–water partition coefficient (Wildman–Crippen LogP) is 3.31. The predicted molar refractivity (Wildman–Crippen MR) is 113 cm³/mol. The number of nitrogens with two attached hydrogens (primary N) is 1. The highest BCUT2D eigenvalue weighted by atomic mass is 32.2. The molecule has 0 spiro atoms. The maximum absolute atomic E-state index is 12.4. The first-order chi connectivity index (χ1) is 13.6. The van der Waals surface area contributed by atoms with Crippen molar-refractivity contribution in [3.05, 3.63) is 65.4 Å². The first kappa shape index (κ1) is 18.5. The van der Waals surface area contributed by atoms with Crippen LogP contribution in [0.1, 0.15) is 17.5 Å². The molecular weight excluding hydrogens is 392 g/mol. The number of benzene rings is 2. The second-order valence-corrected chi connectivity index (χ2v) is 8.64. The number of hydrogen-bond donors (Lipinski definition) is 2. The summed E-state index contributed by atoms with van der Waals surface area (Å²) < 4.78 is 2.49. The number of nitrogens with one attached hydrogen (secondary N) is 1. The Morgan fingerprint density at radius 3 is 2.75 bits per heavy atom. The number of aromatic nitrogens is 4. The maximum Gasteiger partial charge on any atom is 0.237 e. The second kappa shape index (κ2) is 7.99. The molecule has 0 aliphatic rings. The molecule has 4 rings (SSSR count). The summed E-state index contributed by atoms with van der Waals surface area (Å²) in [6.45, 7) is 1.80. The fourth-order valence-electron chi connectivity index (χ4n) is 2.65. The van der Waals surface area contributed by atoms with Gasteiger partial charge in [0.1, 0.15) is 6.33 Å². The smallest absolute Gasteiger partial charge is 0.237 e. The van der Waals surface area contributed by atoms with Gasteiger partial charge in [-0.25, -0.2) is 9.66 Å². The van der Waals surface area contributed by atoms with Crippen molar-refractivity contribution in [1.29, 1.82) is 0 Å². The molecule has 1 atom stereocenters. The highest BCUT2D eigenvalue weighted by Gasteiger charge is 2.17. The number of rotatable bonds is 6. The van der Waals surface area contributed by atoms with Crippen LogP contribution in [0.2, 0.25) is 0 Å². The standard InChI is InChI=1S/C19H18N6OS2/c1-12(27-19-24-21-11-25(19)20)18(26)22-14-8-6-13(7-9-14)10-17-23-15-4-2-3-5-16(15)28-17/h2-9,11-12H,10,20H2,1H3,(H,22,26)/t12-/m0/s1. The molecule has 0 aliphatic carbocycles. The lowest BCUT2D eigenvalue weighted by Crippen LogP contribution is -2.23. The number of carbonyl (C=O) groups excluding carboxylic acids is 1. The third-order valence-corrected chi connectivity index (χ3v) is 6.21. The van der Waals surface area contributed by atoms with E-state index in [0.717, 1.165) is 28.2 Å². The molecule has 0 aliphatic heterocycles. The van der Waals surface area contributed by atoms with Crippen molar-refractivity contribution < 1.29 is 4.79 Å². The Labute approximate surface area is 170 Å². The summed E-state index contributed by atoms with van der Waals surface area (Å²) in [5.41, 5.74) is 2.93. The minimum Gasteiger partial charge on any atom is -0.336 e. The van der Waals surface area contributed by atoms with E-state index >= 15 is 0 Å². The molecular formula is C19H18N6OS2. The van der Waals surface area contributed by atoms with Crippen molar-refractivity contribution in [3.63, 3.8) is 0 Å². The van der Waals surface area contributed by atoms with Crippen LogP contribution in [0.15, 0.2) is 60.0 Å². The molecule has 0 fully saturated rings. The van der Waals surface area contributed by atoms with Crippen molar-refractivity contribution in [2.45, 2.75) is 23.8 Å². The van der Waals surface area contributed by atoms with Crippen LogP contribution in [0.25, 0.3) is 10.2 Å². The van der Waals surface area contributed by atoms with Gasteiger partial charge < -0.3 is 11.2 Å². The fourth-order valence-corrected chi connectivity index (χ4v) is 4.39. The Bertz CT molecular complexity index is 1070. The van der Waals surface area contributed by atoms with Crippen LogP contribution in [0.3, 0.4) is 0 Å². The fraction of sp³-hybridized carbons (Fsp3) is 0.158. The Morgan fingerprint density at radius 1 is 1.25 bits per heavy atom. The second-order valence-electron chi connectivity index (χ2n) is 6.22. The van der Waals surface area contributed by atoms with Gasteiger partial charge in [0.2, 0.25) is 11.1 Å². The van der Waals surface area contributed by atoms with Crippen LogP contribution in [0, 0.1) is 0 Å². The first-order valence-corrected chi connectivity index (χ1v) is 10.3. The monoisotopic (exact) mass is 410 g/mol. The van der Waals surface area contributed by atoms with Gasteiger partial charge in [0, 0.05) is 12.1 Å². The van der Waals surface area contributed by atoms with Gasteiger partial charge in [0.25, 0.3) is 0 Å². The van der Waals surface area contributed by atoms with E-state index in [1.54, 1.807) is 18.3 Å². The zero-order valence-corrected chi connectivity index (χ0v) is 16.7. The number of amides is 1. The van der Waals surface area contributed by atoms with E-state index in [1.807, 2.05) is 42.5 Å². The summed E-state index contributed by atoms with van der Waals surface area (Å²) in [5.74, 6) is 5.56. The quantitative estimate of drug-likeness (QED) is 0.374. The number of nitrogen functional groups attached to an aromatic ring is 1. The molecule has 9 heteroatoms. The van der Waals surface area contributed by atoms with Gasteiger partial charge in [-0.1, -0.05) is 36.0 Å². The zero-order valence-electron chi connectivity index (χ0n) is 15.1. The van der Waals surface area contributed by atoms with Gasteiger partial charge in [0.05, 0.1) is 20.5 Å². The van der Waals surface area contributed by atoms with E-state index in [9.17, 15) is 4.79 Å². The lowest BCUT2D eigenvalue weighted by atomic mass is 10.1. The van der Waals surface area contributed by atoms with Crippen LogP contribution in [-0.4, -0.2) is 31.0 Å². The molecule has 0 unspecified atom stereocenters. The molecule has 0 saturated heterocycles. The molecule has 4 aromatic rings. The van der Waals surface area contributed by atoms with Crippen molar-refractivity contribution in [3.8, 4) is 0 Å². The van der Waals surface area contributed by atoms with Crippen LogP contribution in [-0.2, 0) is 11.2 Å². The van der Waals surface area contributed by atoms with E-state index in [1.165, 1.54) is 27.5 Å². The van der Waals surface area contributed by atoms with Gasteiger partial charge in [0.15, 0.2) is 0 Å². The van der Waals surface area contributed by atoms with Gasteiger partial charge in [-0.15, -0.1) is 21.5 Å². The molecule has 2 aromatic heterocycles. The lowest BCUT2D eigenvalue weighted by molar-refractivity contribution is -0.115. The summed E-state index contributed by atoms with van der Waals surface area (Å²) in [5, 5.41) is 11.7. The van der Waals surface area contributed by atoms with Crippen molar-refractivity contribution in [1.82, 2.24) is 19.9 Å². The van der Waals surface area contributed by atoms with Crippen LogP contribution in [0.5, 0.6) is 0 Å².